The molecule has 0 atom stereocenters. The molecule has 8 heteroatoms. The van der Waals surface area contributed by atoms with Crippen LogP contribution in [0, 0.1) is 6.92 Å². The number of carbonyl (C=O) groups excluding carboxylic acids is 1. The van der Waals surface area contributed by atoms with Gasteiger partial charge < -0.3 is 10.1 Å². The first-order valence-corrected chi connectivity index (χ1v) is 10.1. The summed E-state index contributed by atoms with van der Waals surface area (Å²) in [5.41, 5.74) is 1.49. The molecule has 1 amide bonds. The Kier molecular flexibility index (Phi) is 5.24. The van der Waals surface area contributed by atoms with Gasteiger partial charge in [0.25, 0.3) is 5.56 Å². The number of amides is 1. The van der Waals surface area contributed by atoms with E-state index in [1.807, 2.05) is 13.0 Å². The summed E-state index contributed by atoms with van der Waals surface area (Å²) in [4.78, 5) is 38.8. The molecular weight excluding hydrogens is 402 g/mol. The van der Waals surface area contributed by atoms with Gasteiger partial charge in [-0.3, -0.25) is 14.2 Å². The molecule has 4 rings (SSSR count). The molecular formula is C22H19N3O4S. The molecule has 2 heterocycles. The number of nitrogens with one attached hydrogen (secondary N) is 1. The van der Waals surface area contributed by atoms with E-state index in [1.165, 1.54) is 15.9 Å². The zero-order valence-electron chi connectivity index (χ0n) is 16.4. The van der Waals surface area contributed by atoms with Crippen molar-refractivity contribution in [2.45, 2.75) is 13.5 Å². The maximum Gasteiger partial charge on any atom is 0.336 e. The van der Waals surface area contributed by atoms with Gasteiger partial charge in [-0.1, -0.05) is 12.1 Å². The number of hydrogen-bond acceptors (Lipinski definition) is 5. The molecule has 0 aliphatic heterocycles. The fourth-order valence-electron chi connectivity index (χ4n) is 3.25. The van der Waals surface area contributed by atoms with Crippen LogP contribution in [0.3, 0.4) is 0 Å². The quantitative estimate of drug-likeness (QED) is 0.537. The number of fused-ring (bicyclic) bond motifs is 1. The number of methoxy groups -OCH3 is 1. The summed E-state index contributed by atoms with van der Waals surface area (Å²) in [6.45, 7) is 1.67. The molecule has 2 aromatic heterocycles. The topological polar surface area (TPSA) is 82.3 Å². The van der Waals surface area contributed by atoms with Crippen molar-refractivity contribution in [2.24, 2.45) is 0 Å². The monoisotopic (exact) mass is 421 g/mol. The van der Waals surface area contributed by atoms with Crippen molar-refractivity contribution in [1.29, 1.82) is 0 Å². The number of thiophene rings is 1. The van der Waals surface area contributed by atoms with Crippen LogP contribution in [0.15, 0.2) is 69.6 Å². The van der Waals surface area contributed by atoms with E-state index in [-0.39, 0.29) is 18.0 Å². The molecule has 30 heavy (non-hydrogen) atoms. The molecule has 4 aromatic rings. The van der Waals surface area contributed by atoms with Gasteiger partial charge in [-0.15, -0.1) is 11.3 Å². The van der Waals surface area contributed by atoms with Crippen LogP contribution in [0.4, 0.5) is 5.69 Å². The molecule has 0 saturated carbocycles. The molecule has 7 nitrogen and oxygen atoms in total. The van der Waals surface area contributed by atoms with Crippen molar-refractivity contribution in [3.63, 3.8) is 0 Å². The number of rotatable bonds is 5. The molecule has 1 N–H and O–H groups in total. The van der Waals surface area contributed by atoms with Crippen LogP contribution in [0.25, 0.3) is 15.9 Å². The molecule has 152 valence electrons. The number of aromatic nitrogens is 2. The Bertz CT molecular complexity index is 1350. The highest BCUT2D eigenvalue weighted by atomic mass is 32.1. The second-order valence-electron chi connectivity index (χ2n) is 6.76. The van der Waals surface area contributed by atoms with E-state index < -0.39 is 5.69 Å². The number of anilines is 1. The highest BCUT2D eigenvalue weighted by Gasteiger charge is 2.17. The van der Waals surface area contributed by atoms with Crippen molar-refractivity contribution in [2.75, 3.05) is 12.4 Å². The van der Waals surface area contributed by atoms with Crippen molar-refractivity contribution in [1.82, 2.24) is 9.13 Å². The molecule has 0 radical (unpaired) electrons. The molecule has 0 aliphatic carbocycles. The summed E-state index contributed by atoms with van der Waals surface area (Å²) in [5, 5.41) is 4.51. The molecule has 0 unspecified atom stereocenters. The van der Waals surface area contributed by atoms with Crippen LogP contribution in [-0.2, 0) is 11.3 Å². The average Bonchev–Trinajstić information content (AvgIpc) is 3.22. The molecule has 2 aromatic carbocycles. The normalized spacial score (nSPS) is 10.9. The first-order chi connectivity index (χ1) is 14.5. The molecule has 0 spiro atoms. The van der Waals surface area contributed by atoms with Crippen LogP contribution >= 0.6 is 11.3 Å². The van der Waals surface area contributed by atoms with Gasteiger partial charge in [-0.25, -0.2) is 9.36 Å². The second kappa shape index (κ2) is 8.00. The first-order valence-electron chi connectivity index (χ1n) is 9.22. The Hall–Kier alpha value is -3.65. The zero-order chi connectivity index (χ0) is 21.3. The predicted octanol–water partition coefficient (Wildman–Crippen LogP) is 3.17. The Morgan fingerprint density at radius 2 is 1.87 bits per heavy atom. The van der Waals surface area contributed by atoms with Gasteiger partial charge >= 0.3 is 5.69 Å². The minimum absolute atomic E-state index is 0.218. The Morgan fingerprint density at radius 3 is 2.57 bits per heavy atom. The van der Waals surface area contributed by atoms with Gasteiger partial charge in [0.05, 0.1) is 18.3 Å². The van der Waals surface area contributed by atoms with E-state index in [4.69, 9.17) is 4.74 Å². The minimum atomic E-state index is -0.554. The summed E-state index contributed by atoms with van der Waals surface area (Å²) in [6, 6.07) is 15.7. The summed E-state index contributed by atoms with van der Waals surface area (Å²) in [6.07, 6.45) is 0. The number of nitrogens with zero attached hydrogens (tertiary/aromatic N) is 2. The third kappa shape index (κ3) is 3.65. The predicted molar refractivity (Wildman–Crippen MR) is 118 cm³/mol. The van der Waals surface area contributed by atoms with E-state index in [0.717, 1.165) is 10.1 Å². The van der Waals surface area contributed by atoms with E-state index in [0.29, 0.717) is 27.3 Å². The average molecular weight is 421 g/mol. The third-order valence-corrected chi connectivity index (χ3v) is 5.58. The van der Waals surface area contributed by atoms with Gasteiger partial charge in [0.2, 0.25) is 5.91 Å². The van der Waals surface area contributed by atoms with Crippen LogP contribution < -0.4 is 21.3 Å². The molecule has 0 fully saturated rings. The summed E-state index contributed by atoms with van der Waals surface area (Å²) >= 11 is 1.25. The highest BCUT2D eigenvalue weighted by molar-refractivity contribution is 7.17. The maximum atomic E-state index is 13.2. The minimum Gasteiger partial charge on any atom is -0.497 e. The van der Waals surface area contributed by atoms with Crippen molar-refractivity contribution in [3.8, 4) is 11.4 Å². The fourth-order valence-corrected chi connectivity index (χ4v) is 4.08. The van der Waals surface area contributed by atoms with Gasteiger partial charge in [0, 0.05) is 5.69 Å². The Labute approximate surface area is 175 Å². The lowest BCUT2D eigenvalue weighted by Gasteiger charge is -2.13. The SMILES string of the molecule is COc1ccc(NC(=O)Cn2c(=O)n(-c3cccc(C)c3)c(=O)c3sccc32)cc1. The highest BCUT2D eigenvalue weighted by Crippen LogP contribution is 2.18. The third-order valence-electron chi connectivity index (χ3n) is 4.69. The van der Waals surface area contributed by atoms with E-state index in [9.17, 15) is 14.4 Å². The second-order valence-corrected chi connectivity index (χ2v) is 7.68. The van der Waals surface area contributed by atoms with Gasteiger partial charge in [-0.05, 0) is 60.3 Å². The number of carbonyl (C=O) groups is 1. The van der Waals surface area contributed by atoms with Gasteiger partial charge in [-0.2, -0.15) is 0 Å². The summed E-state index contributed by atoms with van der Waals surface area (Å²) < 4.78 is 7.98. The van der Waals surface area contributed by atoms with E-state index in [2.05, 4.69) is 5.32 Å². The maximum absolute atomic E-state index is 13.2. The Morgan fingerprint density at radius 1 is 1.10 bits per heavy atom. The summed E-state index contributed by atoms with van der Waals surface area (Å²) in [7, 11) is 1.56. The zero-order valence-corrected chi connectivity index (χ0v) is 17.2. The van der Waals surface area contributed by atoms with E-state index in [1.54, 1.807) is 61.0 Å². The van der Waals surface area contributed by atoms with Crippen molar-refractivity contribution >= 4 is 33.1 Å². The number of ether oxygens (including phenoxy) is 1. The standard InChI is InChI=1S/C22H19N3O4S/c1-14-4-3-5-16(12-14)25-21(27)20-18(10-11-30-20)24(22(25)28)13-19(26)23-15-6-8-17(29-2)9-7-15/h3-12H,13H2,1-2H3,(H,23,26). The van der Waals surface area contributed by atoms with E-state index >= 15 is 0 Å². The number of aryl methyl sites for hydroxylation is 1. The molecule has 0 saturated heterocycles. The number of benzene rings is 2. The smallest absolute Gasteiger partial charge is 0.336 e. The number of hydrogen-bond donors (Lipinski definition) is 1. The van der Waals surface area contributed by atoms with Crippen LogP contribution in [0.5, 0.6) is 5.75 Å². The van der Waals surface area contributed by atoms with Crippen LogP contribution in [0.2, 0.25) is 0 Å². The Balaban J connectivity index is 1.75. The van der Waals surface area contributed by atoms with Gasteiger partial charge in [0.15, 0.2) is 0 Å². The molecule has 0 aliphatic rings. The molecule has 0 bridgehead atoms. The van der Waals surface area contributed by atoms with Crippen LogP contribution in [-0.4, -0.2) is 22.2 Å². The largest absolute Gasteiger partial charge is 0.497 e. The van der Waals surface area contributed by atoms with Crippen molar-refractivity contribution in [3.05, 3.63) is 86.4 Å². The lowest BCUT2D eigenvalue weighted by atomic mass is 10.2. The first kappa shape index (κ1) is 19.7. The lowest BCUT2D eigenvalue weighted by Crippen LogP contribution is -2.40. The fraction of sp³-hybridized carbons (Fsp3) is 0.136. The van der Waals surface area contributed by atoms with Gasteiger partial charge in [0.1, 0.15) is 17.0 Å². The van der Waals surface area contributed by atoms with Crippen LogP contribution in [0.1, 0.15) is 5.56 Å². The lowest BCUT2D eigenvalue weighted by molar-refractivity contribution is -0.116. The van der Waals surface area contributed by atoms with Crippen molar-refractivity contribution < 1.29 is 9.53 Å². The summed E-state index contributed by atoms with van der Waals surface area (Å²) in [5.74, 6) is 0.304.